The third-order valence-electron chi connectivity index (χ3n) is 3.18. The number of fused-ring (bicyclic) bond motifs is 1. The molecule has 102 valence electrons. The van der Waals surface area contributed by atoms with Gasteiger partial charge in [-0.25, -0.2) is 0 Å². The molecular formula is C15H13ClN2O2. The maximum Gasteiger partial charge on any atom is 0.265 e. The Kier molecular flexibility index (Phi) is 3.24. The van der Waals surface area contributed by atoms with Crippen molar-refractivity contribution in [2.45, 2.75) is 6.54 Å². The summed E-state index contributed by atoms with van der Waals surface area (Å²) in [4.78, 5) is 13.7. The third kappa shape index (κ3) is 2.30. The summed E-state index contributed by atoms with van der Waals surface area (Å²) >= 11 is 5.98. The lowest BCUT2D eigenvalue weighted by Gasteiger charge is -2.30. The van der Waals surface area contributed by atoms with Crippen LogP contribution < -0.4 is 15.4 Å². The van der Waals surface area contributed by atoms with Crippen LogP contribution in [0.1, 0.15) is 5.56 Å². The molecule has 0 aliphatic carbocycles. The highest BCUT2D eigenvalue weighted by atomic mass is 35.5. The number of nitrogens with zero attached hydrogens (tertiary/aromatic N) is 1. The molecule has 0 fully saturated rings. The number of halogens is 1. The molecule has 4 nitrogen and oxygen atoms in total. The lowest BCUT2D eigenvalue weighted by atomic mass is 10.1. The molecule has 1 heterocycles. The molecule has 3 rings (SSSR count). The number of amides is 1. The minimum atomic E-state index is -0.115. The number of rotatable bonds is 2. The molecule has 0 atom stereocenters. The largest absolute Gasteiger partial charge is 0.481 e. The lowest BCUT2D eigenvalue weighted by Crippen LogP contribution is -2.38. The number of carbonyl (C=O) groups is 1. The Morgan fingerprint density at radius 1 is 1.25 bits per heavy atom. The normalized spacial score (nSPS) is 13.8. The van der Waals surface area contributed by atoms with Crippen molar-refractivity contribution in [3.8, 4) is 5.75 Å². The second kappa shape index (κ2) is 5.06. The van der Waals surface area contributed by atoms with E-state index < -0.39 is 0 Å². The Bertz CT molecular complexity index is 673. The number of hydrogen-bond donors (Lipinski definition) is 1. The van der Waals surface area contributed by atoms with Crippen molar-refractivity contribution in [2.24, 2.45) is 0 Å². The minimum absolute atomic E-state index is 0.0248. The van der Waals surface area contributed by atoms with Crippen molar-refractivity contribution in [3.05, 3.63) is 53.1 Å². The highest BCUT2D eigenvalue weighted by Gasteiger charge is 2.27. The molecule has 0 unspecified atom stereocenters. The second-order valence-electron chi connectivity index (χ2n) is 4.59. The first-order valence-electron chi connectivity index (χ1n) is 6.21. The number of hydrogen-bond acceptors (Lipinski definition) is 3. The van der Waals surface area contributed by atoms with Crippen molar-refractivity contribution in [3.63, 3.8) is 0 Å². The molecule has 0 saturated carbocycles. The van der Waals surface area contributed by atoms with Crippen molar-refractivity contribution in [2.75, 3.05) is 17.2 Å². The van der Waals surface area contributed by atoms with E-state index in [1.165, 1.54) is 0 Å². The molecule has 20 heavy (non-hydrogen) atoms. The number of ether oxygens (including phenoxy) is 1. The van der Waals surface area contributed by atoms with Gasteiger partial charge in [-0.3, -0.25) is 9.69 Å². The predicted molar refractivity (Wildman–Crippen MR) is 79.0 cm³/mol. The van der Waals surface area contributed by atoms with Gasteiger partial charge in [0.05, 0.1) is 12.2 Å². The summed E-state index contributed by atoms with van der Waals surface area (Å²) in [5.74, 6) is 0.516. The molecule has 1 aliphatic heterocycles. The van der Waals surface area contributed by atoms with Crippen LogP contribution in [0.5, 0.6) is 5.75 Å². The number of carbonyl (C=O) groups excluding carboxylic acids is 1. The van der Waals surface area contributed by atoms with Crippen molar-refractivity contribution in [1.82, 2.24) is 0 Å². The number of benzene rings is 2. The molecule has 1 aliphatic rings. The first kappa shape index (κ1) is 12.8. The summed E-state index contributed by atoms with van der Waals surface area (Å²) in [6, 6.07) is 12.8. The van der Waals surface area contributed by atoms with Crippen LogP contribution in [-0.4, -0.2) is 12.5 Å². The van der Waals surface area contributed by atoms with Crippen molar-refractivity contribution in [1.29, 1.82) is 0 Å². The van der Waals surface area contributed by atoms with Gasteiger partial charge in [0.25, 0.3) is 5.91 Å². The Labute approximate surface area is 121 Å². The van der Waals surface area contributed by atoms with Gasteiger partial charge in [-0.2, -0.15) is 0 Å². The van der Waals surface area contributed by atoms with Crippen LogP contribution in [0.15, 0.2) is 42.5 Å². The first-order chi connectivity index (χ1) is 9.65. The molecule has 5 heteroatoms. The smallest absolute Gasteiger partial charge is 0.265 e. The SMILES string of the molecule is Nc1cccc2c1N(Cc1cccc(Cl)c1)C(=O)CO2. The van der Waals surface area contributed by atoms with Gasteiger partial charge in [-0.1, -0.05) is 29.8 Å². The highest BCUT2D eigenvalue weighted by Crippen LogP contribution is 2.38. The van der Waals surface area contributed by atoms with Crippen LogP contribution in [0.4, 0.5) is 11.4 Å². The van der Waals surface area contributed by atoms with Crippen molar-refractivity contribution >= 4 is 28.9 Å². The number of nitrogen functional groups attached to an aromatic ring is 1. The number of para-hydroxylation sites is 1. The van der Waals surface area contributed by atoms with Crippen LogP contribution in [-0.2, 0) is 11.3 Å². The van der Waals surface area contributed by atoms with Crippen LogP contribution in [0, 0.1) is 0 Å². The molecule has 0 saturated heterocycles. The molecule has 0 bridgehead atoms. The Hall–Kier alpha value is -2.20. The van der Waals surface area contributed by atoms with Crippen LogP contribution in [0.2, 0.25) is 5.02 Å². The zero-order chi connectivity index (χ0) is 14.1. The number of nitrogens with two attached hydrogens (primary N) is 1. The fourth-order valence-corrected chi connectivity index (χ4v) is 2.48. The second-order valence-corrected chi connectivity index (χ2v) is 5.03. The summed E-state index contributed by atoms with van der Waals surface area (Å²) < 4.78 is 5.41. The van der Waals surface area contributed by atoms with Crippen LogP contribution >= 0.6 is 11.6 Å². The molecule has 2 aromatic carbocycles. The highest BCUT2D eigenvalue weighted by molar-refractivity contribution is 6.30. The van der Waals surface area contributed by atoms with Crippen molar-refractivity contribution < 1.29 is 9.53 Å². The van der Waals surface area contributed by atoms with Gasteiger partial charge in [-0.15, -0.1) is 0 Å². The molecule has 2 aromatic rings. The van der Waals surface area contributed by atoms with E-state index in [0.29, 0.717) is 28.7 Å². The van der Waals surface area contributed by atoms with Crippen LogP contribution in [0.3, 0.4) is 0 Å². The molecule has 2 N–H and O–H groups in total. The lowest BCUT2D eigenvalue weighted by molar-refractivity contribution is -0.121. The average molecular weight is 289 g/mol. The van der Waals surface area contributed by atoms with Gasteiger partial charge in [0, 0.05) is 5.02 Å². The predicted octanol–water partition coefficient (Wildman–Crippen LogP) is 2.85. The number of anilines is 2. The Morgan fingerprint density at radius 2 is 2.05 bits per heavy atom. The maximum atomic E-state index is 12.1. The monoisotopic (exact) mass is 288 g/mol. The van der Waals surface area contributed by atoms with E-state index in [0.717, 1.165) is 5.56 Å². The summed E-state index contributed by atoms with van der Waals surface area (Å²) in [5.41, 5.74) is 8.08. The zero-order valence-electron chi connectivity index (χ0n) is 10.7. The molecular weight excluding hydrogens is 276 g/mol. The van der Waals surface area contributed by atoms with Gasteiger partial charge >= 0.3 is 0 Å². The van der Waals surface area contributed by atoms with E-state index in [1.807, 2.05) is 30.3 Å². The summed E-state index contributed by atoms with van der Waals surface area (Å²) in [7, 11) is 0. The van der Waals surface area contributed by atoms with Gasteiger partial charge in [0.1, 0.15) is 11.4 Å². The zero-order valence-corrected chi connectivity index (χ0v) is 11.4. The van der Waals surface area contributed by atoms with E-state index in [-0.39, 0.29) is 12.5 Å². The molecule has 0 radical (unpaired) electrons. The van der Waals surface area contributed by atoms with E-state index in [2.05, 4.69) is 0 Å². The fourth-order valence-electron chi connectivity index (χ4n) is 2.27. The van der Waals surface area contributed by atoms with Crippen LogP contribution in [0.25, 0.3) is 0 Å². The van der Waals surface area contributed by atoms with E-state index in [9.17, 15) is 4.79 Å². The third-order valence-corrected chi connectivity index (χ3v) is 3.42. The quantitative estimate of drug-likeness (QED) is 0.865. The Morgan fingerprint density at radius 3 is 2.85 bits per heavy atom. The summed E-state index contributed by atoms with van der Waals surface area (Å²) in [6.45, 7) is 0.445. The minimum Gasteiger partial charge on any atom is -0.481 e. The standard InChI is InChI=1S/C15H13ClN2O2/c16-11-4-1-3-10(7-11)8-18-14(19)9-20-13-6-2-5-12(17)15(13)18/h1-7H,8-9,17H2. The van der Waals surface area contributed by atoms with Gasteiger partial charge in [-0.05, 0) is 29.8 Å². The fraction of sp³-hybridized carbons (Fsp3) is 0.133. The van der Waals surface area contributed by atoms with E-state index >= 15 is 0 Å². The topological polar surface area (TPSA) is 55.6 Å². The van der Waals surface area contributed by atoms with Gasteiger partial charge < -0.3 is 10.5 Å². The van der Waals surface area contributed by atoms with Gasteiger partial charge in [0.2, 0.25) is 0 Å². The molecule has 0 aromatic heterocycles. The summed E-state index contributed by atoms with van der Waals surface area (Å²) in [6.07, 6.45) is 0. The molecule has 1 amide bonds. The van der Waals surface area contributed by atoms with Gasteiger partial charge in [0.15, 0.2) is 6.61 Å². The van der Waals surface area contributed by atoms with E-state index in [4.69, 9.17) is 22.1 Å². The first-order valence-corrected chi connectivity index (χ1v) is 6.59. The Balaban J connectivity index is 1.99. The maximum absolute atomic E-state index is 12.1. The summed E-state index contributed by atoms with van der Waals surface area (Å²) in [5, 5.41) is 0.643. The van der Waals surface area contributed by atoms with E-state index in [1.54, 1.807) is 17.0 Å². The average Bonchev–Trinajstić information content (AvgIpc) is 2.42. The molecule has 0 spiro atoms.